The van der Waals surface area contributed by atoms with Crippen molar-refractivity contribution in [3.05, 3.63) is 57.6 Å². The van der Waals surface area contributed by atoms with Gasteiger partial charge in [-0.2, -0.15) is 0 Å². The van der Waals surface area contributed by atoms with Crippen molar-refractivity contribution in [1.82, 2.24) is 0 Å². The van der Waals surface area contributed by atoms with E-state index in [0.29, 0.717) is 5.92 Å². The first-order valence-corrected chi connectivity index (χ1v) is 9.67. The molecule has 0 unspecified atom stereocenters. The summed E-state index contributed by atoms with van der Waals surface area (Å²) in [5.41, 5.74) is 3.75. The van der Waals surface area contributed by atoms with E-state index in [1.165, 1.54) is 36.0 Å². The molecule has 0 radical (unpaired) electrons. The number of ether oxygens (including phenoxy) is 3. The molecule has 4 rings (SSSR count). The van der Waals surface area contributed by atoms with Gasteiger partial charge in [-0.1, -0.05) is 40.9 Å². The molecule has 3 nitrogen and oxygen atoms in total. The molecule has 0 bridgehead atoms. The van der Waals surface area contributed by atoms with Gasteiger partial charge in [0.2, 0.25) is 0 Å². The maximum absolute atomic E-state index is 6.60. The van der Waals surface area contributed by atoms with Crippen LogP contribution in [0.3, 0.4) is 0 Å². The van der Waals surface area contributed by atoms with Crippen LogP contribution in [0, 0.1) is 0 Å². The molecular weight excluding hydrogens is 380 g/mol. The number of fused-ring (bicyclic) bond motifs is 3. The van der Waals surface area contributed by atoms with Gasteiger partial charge in [0, 0.05) is 10.4 Å². The zero-order chi connectivity index (χ0) is 17.4. The van der Waals surface area contributed by atoms with Gasteiger partial charge in [-0.3, -0.25) is 0 Å². The summed E-state index contributed by atoms with van der Waals surface area (Å²) in [6.45, 7) is 0. The summed E-state index contributed by atoms with van der Waals surface area (Å²) >= 11 is 3.52. The molecule has 0 spiro atoms. The van der Waals surface area contributed by atoms with Gasteiger partial charge in [0.05, 0.1) is 20.3 Å². The van der Waals surface area contributed by atoms with Crippen LogP contribution in [0.15, 0.2) is 40.9 Å². The molecular formula is C21H23BrO3. The standard InChI is InChI=1S/C21H23BrO3/c1-23-19-11-16-15-5-3-4-6-18(15)25-21(17(16)12-20(19)24-2)13-7-9-14(22)10-8-13/h7-12,15,18,21H,3-6H2,1-2H3/t15-,18+,21+/m1/s1. The fourth-order valence-corrected chi connectivity index (χ4v) is 4.48. The molecule has 3 atom stereocenters. The largest absolute Gasteiger partial charge is 0.493 e. The maximum Gasteiger partial charge on any atom is 0.161 e. The third-order valence-electron chi connectivity index (χ3n) is 5.46. The van der Waals surface area contributed by atoms with Crippen molar-refractivity contribution >= 4 is 15.9 Å². The highest BCUT2D eigenvalue weighted by Gasteiger charge is 2.38. The van der Waals surface area contributed by atoms with Crippen LogP contribution in [0.5, 0.6) is 11.5 Å². The van der Waals surface area contributed by atoms with Crippen molar-refractivity contribution < 1.29 is 14.2 Å². The molecule has 1 fully saturated rings. The summed E-state index contributed by atoms with van der Waals surface area (Å²) in [5, 5.41) is 0. The minimum absolute atomic E-state index is 0.0535. The summed E-state index contributed by atoms with van der Waals surface area (Å²) in [6.07, 6.45) is 5.05. The summed E-state index contributed by atoms with van der Waals surface area (Å²) in [6, 6.07) is 12.7. The predicted molar refractivity (Wildman–Crippen MR) is 102 cm³/mol. The molecule has 1 heterocycles. The number of benzene rings is 2. The molecule has 25 heavy (non-hydrogen) atoms. The van der Waals surface area contributed by atoms with Crippen molar-refractivity contribution in [1.29, 1.82) is 0 Å². The minimum atomic E-state index is -0.0535. The van der Waals surface area contributed by atoms with Crippen LogP contribution >= 0.6 is 15.9 Å². The van der Waals surface area contributed by atoms with Crippen molar-refractivity contribution in [3.63, 3.8) is 0 Å². The Morgan fingerprint density at radius 3 is 2.24 bits per heavy atom. The lowest BCUT2D eigenvalue weighted by Gasteiger charge is -2.41. The molecule has 1 aliphatic carbocycles. The Morgan fingerprint density at radius 2 is 1.56 bits per heavy atom. The quantitative estimate of drug-likeness (QED) is 0.667. The SMILES string of the molecule is COc1cc2c(cc1OC)[C@H]1CCCC[C@@H]1O[C@H]2c1ccc(Br)cc1. The Bertz CT molecular complexity index is 756. The van der Waals surface area contributed by atoms with E-state index in [2.05, 4.69) is 52.3 Å². The number of hydrogen-bond donors (Lipinski definition) is 0. The summed E-state index contributed by atoms with van der Waals surface area (Å²) in [7, 11) is 3.39. The summed E-state index contributed by atoms with van der Waals surface area (Å²) in [4.78, 5) is 0. The second-order valence-electron chi connectivity index (χ2n) is 6.83. The topological polar surface area (TPSA) is 27.7 Å². The first-order valence-electron chi connectivity index (χ1n) is 8.88. The van der Waals surface area contributed by atoms with Crippen molar-refractivity contribution in [2.45, 2.75) is 43.8 Å². The molecule has 2 aromatic rings. The van der Waals surface area contributed by atoms with Gasteiger partial charge in [0.15, 0.2) is 11.5 Å². The van der Waals surface area contributed by atoms with E-state index in [-0.39, 0.29) is 12.2 Å². The smallest absolute Gasteiger partial charge is 0.161 e. The number of methoxy groups -OCH3 is 2. The zero-order valence-corrected chi connectivity index (χ0v) is 16.2. The van der Waals surface area contributed by atoms with Crippen molar-refractivity contribution in [3.8, 4) is 11.5 Å². The van der Waals surface area contributed by atoms with Gasteiger partial charge < -0.3 is 14.2 Å². The second-order valence-corrected chi connectivity index (χ2v) is 7.75. The minimum Gasteiger partial charge on any atom is -0.493 e. The Kier molecular flexibility index (Phi) is 4.74. The van der Waals surface area contributed by atoms with Crippen LogP contribution in [0.1, 0.15) is 54.4 Å². The van der Waals surface area contributed by atoms with Gasteiger partial charge in [-0.05, 0) is 53.8 Å². The molecule has 132 valence electrons. The van der Waals surface area contributed by atoms with Gasteiger partial charge in [-0.25, -0.2) is 0 Å². The fourth-order valence-electron chi connectivity index (χ4n) is 4.22. The molecule has 2 aliphatic rings. The Balaban J connectivity index is 1.85. The predicted octanol–water partition coefficient (Wildman–Crippen LogP) is 5.61. The van der Waals surface area contributed by atoms with E-state index in [0.717, 1.165) is 22.4 Å². The normalized spacial score (nSPS) is 25.0. The molecule has 1 saturated carbocycles. The van der Waals surface area contributed by atoms with Crippen LogP contribution in [-0.2, 0) is 4.74 Å². The molecule has 2 aromatic carbocycles. The Hall–Kier alpha value is -1.52. The van der Waals surface area contributed by atoms with E-state index in [1.807, 2.05) is 0 Å². The first kappa shape index (κ1) is 16.9. The average Bonchev–Trinajstić information content (AvgIpc) is 2.67. The number of hydrogen-bond acceptors (Lipinski definition) is 3. The van der Waals surface area contributed by atoms with Crippen LogP contribution < -0.4 is 9.47 Å². The molecule has 4 heteroatoms. The van der Waals surface area contributed by atoms with Crippen molar-refractivity contribution in [2.24, 2.45) is 0 Å². The van der Waals surface area contributed by atoms with Gasteiger partial charge in [-0.15, -0.1) is 0 Å². The highest BCUT2D eigenvalue weighted by molar-refractivity contribution is 9.10. The van der Waals surface area contributed by atoms with E-state index in [4.69, 9.17) is 14.2 Å². The average molecular weight is 403 g/mol. The lowest BCUT2D eigenvalue weighted by Crippen LogP contribution is -2.33. The Labute approximate surface area is 157 Å². The Morgan fingerprint density at radius 1 is 0.920 bits per heavy atom. The van der Waals surface area contributed by atoms with Crippen LogP contribution in [-0.4, -0.2) is 20.3 Å². The zero-order valence-electron chi connectivity index (χ0n) is 14.6. The van der Waals surface area contributed by atoms with Crippen LogP contribution in [0.2, 0.25) is 0 Å². The third-order valence-corrected chi connectivity index (χ3v) is 5.99. The highest BCUT2D eigenvalue weighted by atomic mass is 79.9. The lowest BCUT2D eigenvalue weighted by atomic mass is 9.76. The lowest BCUT2D eigenvalue weighted by molar-refractivity contribution is -0.0391. The second kappa shape index (κ2) is 7.00. The third kappa shape index (κ3) is 3.06. The number of rotatable bonds is 3. The summed E-state index contributed by atoms with van der Waals surface area (Å²) < 4.78 is 18.8. The highest BCUT2D eigenvalue weighted by Crippen LogP contribution is 2.49. The molecule has 0 saturated heterocycles. The fraction of sp³-hybridized carbons (Fsp3) is 0.429. The monoisotopic (exact) mass is 402 g/mol. The van der Waals surface area contributed by atoms with Gasteiger partial charge >= 0.3 is 0 Å². The molecule has 0 amide bonds. The van der Waals surface area contributed by atoms with Gasteiger partial charge in [0.1, 0.15) is 6.10 Å². The summed E-state index contributed by atoms with van der Waals surface area (Å²) in [5.74, 6) is 2.03. The van der Waals surface area contributed by atoms with Crippen molar-refractivity contribution in [2.75, 3.05) is 14.2 Å². The molecule has 1 aliphatic heterocycles. The van der Waals surface area contributed by atoms with Gasteiger partial charge in [0.25, 0.3) is 0 Å². The van der Waals surface area contributed by atoms with E-state index < -0.39 is 0 Å². The van der Waals surface area contributed by atoms with E-state index >= 15 is 0 Å². The molecule has 0 N–H and O–H groups in total. The van der Waals surface area contributed by atoms with Crippen LogP contribution in [0.4, 0.5) is 0 Å². The number of halogens is 1. The molecule has 0 aromatic heterocycles. The van der Waals surface area contributed by atoms with E-state index in [9.17, 15) is 0 Å². The first-order chi connectivity index (χ1) is 12.2. The maximum atomic E-state index is 6.60. The van der Waals surface area contributed by atoms with Crippen LogP contribution in [0.25, 0.3) is 0 Å². The van der Waals surface area contributed by atoms with E-state index in [1.54, 1.807) is 14.2 Å².